The maximum absolute atomic E-state index is 12.0. The van der Waals surface area contributed by atoms with E-state index in [1.54, 1.807) is 12.1 Å². The molecule has 0 heterocycles. The second kappa shape index (κ2) is 7.88. The Morgan fingerprint density at radius 2 is 2.10 bits per heavy atom. The topological polar surface area (TPSA) is 119 Å². The molecular formula is C14H18N2O5. The van der Waals surface area contributed by atoms with Gasteiger partial charge in [0.05, 0.1) is 13.0 Å². The fourth-order valence-electron chi connectivity index (χ4n) is 1.59. The number of benzene rings is 1. The van der Waals surface area contributed by atoms with Gasteiger partial charge in [0.25, 0.3) is 5.91 Å². The normalized spacial score (nSPS) is 11.5. The van der Waals surface area contributed by atoms with E-state index >= 15 is 0 Å². The van der Waals surface area contributed by atoms with Crippen molar-refractivity contribution >= 4 is 17.8 Å². The Kier molecular flexibility index (Phi) is 6.19. The van der Waals surface area contributed by atoms with Crippen molar-refractivity contribution in [2.45, 2.75) is 25.8 Å². The zero-order valence-electron chi connectivity index (χ0n) is 11.7. The second-order valence-electron chi connectivity index (χ2n) is 4.41. The van der Waals surface area contributed by atoms with Gasteiger partial charge < -0.3 is 20.9 Å². The maximum Gasteiger partial charge on any atom is 0.326 e. The van der Waals surface area contributed by atoms with Crippen molar-refractivity contribution in [3.63, 3.8) is 0 Å². The van der Waals surface area contributed by atoms with Crippen molar-refractivity contribution < 1.29 is 24.2 Å². The summed E-state index contributed by atoms with van der Waals surface area (Å²) in [6.07, 6.45) is 0.364. The van der Waals surface area contributed by atoms with Crippen LogP contribution in [0, 0.1) is 0 Å². The summed E-state index contributed by atoms with van der Waals surface area (Å²) in [5.74, 6) is -2.21. The van der Waals surface area contributed by atoms with Crippen molar-refractivity contribution in [1.82, 2.24) is 5.32 Å². The molecule has 0 saturated heterocycles. The summed E-state index contributed by atoms with van der Waals surface area (Å²) >= 11 is 0. The van der Waals surface area contributed by atoms with E-state index in [0.29, 0.717) is 12.4 Å². The average molecular weight is 294 g/mol. The van der Waals surface area contributed by atoms with Crippen LogP contribution in [0.25, 0.3) is 0 Å². The summed E-state index contributed by atoms with van der Waals surface area (Å²) in [5, 5.41) is 11.2. The smallest absolute Gasteiger partial charge is 0.326 e. The summed E-state index contributed by atoms with van der Waals surface area (Å²) in [6, 6.07) is 5.01. The molecule has 0 aliphatic carbocycles. The van der Waals surface area contributed by atoms with Crippen LogP contribution in [0.15, 0.2) is 24.3 Å². The number of hydrogen-bond donors (Lipinski definition) is 3. The zero-order chi connectivity index (χ0) is 15.8. The molecule has 7 heteroatoms. The minimum atomic E-state index is -1.35. The molecule has 4 N–H and O–H groups in total. The Balaban J connectivity index is 2.77. The molecule has 0 radical (unpaired) electrons. The molecular weight excluding hydrogens is 276 g/mol. The number of aliphatic carboxylic acids is 1. The molecule has 1 aromatic rings. The predicted octanol–water partition coefficient (Wildman–Crippen LogP) is 0.534. The number of ether oxygens (including phenoxy) is 1. The van der Waals surface area contributed by atoms with Gasteiger partial charge in [-0.05, 0) is 24.6 Å². The largest absolute Gasteiger partial charge is 0.494 e. The Morgan fingerprint density at radius 3 is 2.67 bits per heavy atom. The van der Waals surface area contributed by atoms with Gasteiger partial charge in [-0.25, -0.2) is 4.79 Å². The van der Waals surface area contributed by atoms with Crippen LogP contribution in [0.2, 0.25) is 0 Å². The van der Waals surface area contributed by atoms with Gasteiger partial charge in [-0.2, -0.15) is 0 Å². The lowest BCUT2D eigenvalue weighted by molar-refractivity contribution is -0.140. The zero-order valence-corrected chi connectivity index (χ0v) is 11.7. The number of amides is 2. The number of carbonyl (C=O) groups is 3. The number of nitrogens with two attached hydrogens (primary N) is 1. The minimum Gasteiger partial charge on any atom is -0.494 e. The molecule has 114 valence electrons. The number of hydrogen-bond acceptors (Lipinski definition) is 4. The number of carboxylic acid groups (broad SMARTS) is 1. The van der Waals surface area contributed by atoms with Crippen LogP contribution < -0.4 is 15.8 Å². The highest BCUT2D eigenvalue weighted by Gasteiger charge is 2.22. The van der Waals surface area contributed by atoms with E-state index in [-0.39, 0.29) is 5.56 Å². The van der Waals surface area contributed by atoms with Crippen molar-refractivity contribution in [3.8, 4) is 5.75 Å². The quantitative estimate of drug-likeness (QED) is 0.646. The minimum absolute atomic E-state index is 0.249. The Morgan fingerprint density at radius 1 is 1.38 bits per heavy atom. The predicted molar refractivity (Wildman–Crippen MR) is 74.9 cm³/mol. The molecule has 7 nitrogen and oxygen atoms in total. The van der Waals surface area contributed by atoms with Crippen LogP contribution in [-0.4, -0.2) is 35.5 Å². The standard InChI is InChI=1S/C14H18N2O5/c1-2-6-21-10-5-3-4-9(7-10)13(18)16-11(14(19)20)8-12(15)17/h3-5,7,11H,2,6,8H2,1H3,(H2,15,17)(H,16,18)(H,19,20)/t11-/m1/s1. The van der Waals surface area contributed by atoms with Gasteiger partial charge in [0.2, 0.25) is 5.91 Å². The third-order valence-corrected chi connectivity index (χ3v) is 2.58. The SMILES string of the molecule is CCCOc1cccc(C(=O)N[C@H](CC(N)=O)C(=O)O)c1. The van der Waals surface area contributed by atoms with E-state index < -0.39 is 30.2 Å². The van der Waals surface area contributed by atoms with Crippen LogP contribution in [0.4, 0.5) is 0 Å². The van der Waals surface area contributed by atoms with Crippen molar-refractivity contribution in [2.24, 2.45) is 5.73 Å². The molecule has 1 aromatic carbocycles. The Labute approximate surface area is 122 Å². The maximum atomic E-state index is 12.0. The van der Waals surface area contributed by atoms with Gasteiger partial charge in [-0.1, -0.05) is 13.0 Å². The van der Waals surface area contributed by atoms with E-state index in [2.05, 4.69) is 5.32 Å². The van der Waals surface area contributed by atoms with Crippen LogP contribution in [0.5, 0.6) is 5.75 Å². The molecule has 1 rings (SSSR count). The third-order valence-electron chi connectivity index (χ3n) is 2.58. The van der Waals surface area contributed by atoms with E-state index in [0.717, 1.165) is 6.42 Å². The van der Waals surface area contributed by atoms with Crippen LogP contribution in [0.3, 0.4) is 0 Å². The molecule has 0 aliphatic rings. The fraction of sp³-hybridized carbons (Fsp3) is 0.357. The van der Waals surface area contributed by atoms with Gasteiger partial charge in [0, 0.05) is 5.56 Å². The summed E-state index contributed by atoms with van der Waals surface area (Å²) in [6.45, 7) is 2.47. The molecule has 0 bridgehead atoms. The van der Waals surface area contributed by atoms with E-state index in [4.69, 9.17) is 15.6 Å². The molecule has 2 amide bonds. The Hall–Kier alpha value is -2.57. The molecule has 0 unspecified atom stereocenters. The van der Waals surface area contributed by atoms with Gasteiger partial charge in [0.15, 0.2) is 0 Å². The lowest BCUT2D eigenvalue weighted by Crippen LogP contribution is -2.43. The first kappa shape index (κ1) is 16.5. The fourth-order valence-corrected chi connectivity index (χ4v) is 1.59. The monoisotopic (exact) mass is 294 g/mol. The summed E-state index contributed by atoms with van der Waals surface area (Å²) in [4.78, 5) is 33.7. The first-order valence-electron chi connectivity index (χ1n) is 6.49. The van der Waals surface area contributed by atoms with Crippen LogP contribution in [0.1, 0.15) is 30.1 Å². The number of carbonyl (C=O) groups excluding carboxylic acids is 2. The van der Waals surface area contributed by atoms with Crippen molar-refractivity contribution in [2.75, 3.05) is 6.61 Å². The number of primary amides is 1. The number of rotatable bonds is 8. The van der Waals surface area contributed by atoms with Crippen molar-refractivity contribution in [3.05, 3.63) is 29.8 Å². The van der Waals surface area contributed by atoms with E-state index in [9.17, 15) is 14.4 Å². The highest BCUT2D eigenvalue weighted by atomic mass is 16.5. The van der Waals surface area contributed by atoms with E-state index in [1.807, 2.05) is 6.92 Å². The first-order chi connectivity index (χ1) is 9.93. The van der Waals surface area contributed by atoms with Gasteiger partial charge in [-0.15, -0.1) is 0 Å². The molecule has 1 atom stereocenters. The molecule has 0 aromatic heterocycles. The van der Waals surface area contributed by atoms with Crippen LogP contribution >= 0.6 is 0 Å². The summed E-state index contributed by atoms with van der Waals surface area (Å²) in [5.41, 5.74) is 5.20. The van der Waals surface area contributed by atoms with Crippen LogP contribution in [-0.2, 0) is 9.59 Å². The second-order valence-corrected chi connectivity index (χ2v) is 4.41. The molecule has 21 heavy (non-hydrogen) atoms. The highest BCUT2D eigenvalue weighted by molar-refractivity contribution is 5.97. The number of carboxylic acids is 1. The molecule has 0 saturated carbocycles. The highest BCUT2D eigenvalue weighted by Crippen LogP contribution is 2.13. The number of nitrogens with one attached hydrogen (secondary N) is 1. The molecule has 0 aliphatic heterocycles. The van der Waals surface area contributed by atoms with Gasteiger partial charge in [0.1, 0.15) is 11.8 Å². The average Bonchev–Trinajstić information content (AvgIpc) is 2.44. The van der Waals surface area contributed by atoms with Crippen molar-refractivity contribution in [1.29, 1.82) is 0 Å². The lowest BCUT2D eigenvalue weighted by Gasteiger charge is -2.13. The van der Waals surface area contributed by atoms with Gasteiger partial charge >= 0.3 is 5.97 Å². The van der Waals surface area contributed by atoms with E-state index in [1.165, 1.54) is 12.1 Å². The molecule has 0 fully saturated rings. The summed E-state index contributed by atoms with van der Waals surface area (Å²) < 4.78 is 5.39. The summed E-state index contributed by atoms with van der Waals surface area (Å²) in [7, 11) is 0. The van der Waals surface area contributed by atoms with Gasteiger partial charge in [-0.3, -0.25) is 9.59 Å². The molecule has 0 spiro atoms. The Bertz CT molecular complexity index is 530. The first-order valence-corrected chi connectivity index (χ1v) is 6.49. The lowest BCUT2D eigenvalue weighted by atomic mass is 10.1. The third kappa shape index (κ3) is 5.52.